The van der Waals surface area contributed by atoms with E-state index >= 15 is 0 Å². The third-order valence-electron chi connectivity index (χ3n) is 6.73. The van der Waals surface area contributed by atoms with Gasteiger partial charge in [0.05, 0.1) is 25.0 Å². The van der Waals surface area contributed by atoms with E-state index in [0.717, 1.165) is 16.7 Å². The van der Waals surface area contributed by atoms with Gasteiger partial charge >= 0.3 is 0 Å². The van der Waals surface area contributed by atoms with E-state index in [0.29, 0.717) is 48.8 Å². The lowest BCUT2D eigenvalue weighted by atomic mass is 10.0. The van der Waals surface area contributed by atoms with Crippen molar-refractivity contribution < 1.29 is 13.5 Å². The summed E-state index contributed by atoms with van der Waals surface area (Å²) in [6.45, 7) is 9.41. The second-order valence-electron chi connectivity index (χ2n) is 10.7. The number of tetrazole rings is 1. The molecular weight excluding hydrogens is 511 g/mol. The van der Waals surface area contributed by atoms with E-state index in [1.54, 1.807) is 23.1 Å². The highest BCUT2D eigenvalue weighted by molar-refractivity contribution is 5.80. The number of hydrogen-bond donors (Lipinski definition) is 1. The first-order chi connectivity index (χ1) is 19.2. The summed E-state index contributed by atoms with van der Waals surface area (Å²) in [6.07, 6.45) is 2.23. The number of furan rings is 1. The second-order valence-corrected chi connectivity index (χ2v) is 10.7. The molecule has 0 amide bonds. The lowest BCUT2D eigenvalue weighted by molar-refractivity contribution is 0.181. The molecule has 208 valence electrons. The lowest BCUT2D eigenvalue weighted by Crippen LogP contribution is -2.38. The minimum Gasteiger partial charge on any atom is -0.494 e. The molecule has 2 aromatic carbocycles. The molecule has 5 aromatic rings. The Balaban J connectivity index is 1.66. The molecule has 9 nitrogen and oxygen atoms in total. The average Bonchev–Trinajstić information content (AvgIpc) is 3.61. The van der Waals surface area contributed by atoms with E-state index in [-0.39, 0.29) is 11.4 Å². The summed E-state index contributed by atoms with van der Waals surface area (Å²) in [6, 6.07) is 17.0. The first kappa shape index (κ1) is 27.3. The zero-order chi connectivity index (χ0) is 28.3. The fourth-order valence-electron chi connectivity index (χ4n) is 4.83. The van der Waals surface area contributed by atoms with Crippen molar-refractivity contribution in [3.8, 4) is 5.75 Å². The predicted molar refractivity (Wildman–Crippen MR) is 150 cm³/mol. The van der Waals surface area contributed by atoms with Crippen molar-refractivity contribution >= 4 is 10.9 Å². The molecule has 0 spiro atoms. The number of fused-ring (bicyclic) bond motifs is 1. The first-order valence-electron chi connectivity index (χ1n) is 13.3. The highest BCUT2D eigenvalue weighted by Crippen LogP contribution is 2.31. The van der Waals surface area contributed by atoms with Crippen molar-refractivity contribution in [3.05, 3.63) is 106 Å². The molecular formula is C30H33FN6O3. The Bertz CT molecular complexity index is 1620. The molecule has 0 saturated carbocycles. The number of benzene rings is 2. The van der Waals surface area contributed by atoms with Gasteiger partial charge < -0.3 is 14.1 Å². The van der Waals surface area contributed by atoms with Crippen molar-refractivity contribution in [2.75, 3.05) is 13.2 Å². The van der Waals surface area contributed by atoms with Crippen LogP contribution >= 0.6 is 0 Å². The summed E-state index contributed by atoms with van der Waals surface area (Å²) in [7, 11) is 0. The summed E-state index contributed by atoms with van der Waals surface area (Å²) >= 11 is 0. The summed E-state index contributed by atoms with van der Waals surface area (Å²) in [5.74, 6) is 1.69. The molecule has 40 heavy (non-hydrogen) atoms. The number of rotatable bonds is 10. The average molecular weight is 545 g/mol. The van der Waals surface area contributed by atoms with Crippen molar-refractivity contribution in [3.63, 3.8) is 0 Å². The van der Waals surface area contributed by atoms with E-state index in [9.17, 15) is 9.18 Å². The number of nitrogens with zero attached hydrogens (tertiary/aromatic N) is 5. The van der Waals surface area contributed by atoms with Gasteiger partial charge in [-0.2, -0.15) is 0 Å². The Hall–Kier alpha value is -4.31. The van der Waals surface area contributed by atoms with Crippen molar-refractivity contribution in [2.24, 2.45) is 0 Å². The van der Waals surface area contributed by atoms with Gasteiger partial charge in [-0.25, -0.2) is 9.07 Å². The largest absolute Gasteiger partial charge is 0.494 e. The van der Waals surface area contributed by atoms with Crippen LogP contribution in [0.15, 0.2) is 76.1 Å². The van der Waals surface area contributed by atoms with Crippen LogP contribution in [-0.4, -0.2) is 43.2 Å². The van der Waals surface area contributed by atoms with Gasteiger partial charge in [-0.15, -0.1) is 5.10 Å². The summed E-state index contributed by atoms with van der Waals surface area (Å²) < 4.78 is 26.8. The minimum absolute atomic E-state index is 0.239. The number of aromatic amines is 1. The second kappa shape index (κ2) is 11.4. The number of hydrogen-bond acceptors (Lipinski definition) is 7. The standard InChI is InChI=1S/C30H33FN6O3/c1-5-39-23-12-13-26-21(17-23)18-25(29(38)32-26)27(28-33-34-35-37(28)30(2,3)4)36(19-24-7-6-16-40-24)15-14-20-8-10-22(31)11-9-20/h6-13,16-18,27H,5,14-15,19H2,1-4H3,(H,32,38)/t27-/m0/s1. The van der Waals surface area contributed by atoms with E-state index in [2.05, 4.69) is 25.4 Å². The molecule has 0 aliphatic rings. The normalized spacial score (nSPS) is 12.8. The van der Waals surface area contributed by atoms with Gasteiger partial charge in [0, 0.05) is 23.0 Å². The van der Waals surface area contributed by atoms with Crippen LogP contribution in [0.2, 0.25) is 0 Å². The molecule has 1 N–H and O–H groups in total. The van der Waals surface area contributed by atoms with E-state index < -0.39 is 11.6 Å². The molecule has 0 aliphatic carbocycles. The maximum atomic E-state index is 13.7. The first-order valence-corrected chi connectivity index (χ1v) is 13.3. The molecule has 0 aliphatic heterocycles. The van der Waals surface area contributed by atoms with Crippen LogP contribution in [0.1, 0.15) is 56.4 Å². The zero-order valence-electron chi connectivity index (χ0n) is 23.1. The van der Waals surface area contributed by atoms with Gasteiger partial charge in [-0.1, -0.05) is 12.1 Å². The highest BCUT2D eigenvalue weighted by atomic mass is 19.1. The van der Waals surface area contributed by atoms with E-state index in [1.165, 1.54) is 12.1 Å². The van der Waals surface area contributed by atoms with Crippen LogP contribution in [0.5, 0.6) is 5.75 Å². The third-order valence-corrected chi connectivity index (χ3v) is 6.73. The van der Waals surface area contributed by atoms with Gasteiger partial charge in [0.1, 0.15) is 23.4 Å². The summed E-state index contributed by atoms with van der Waals surface area (Å²) in [5, 5.41) is 13.6. The van der Waals surface area contributed by atoms with Crippen LogP contribution < -0.4 is 10.3 Å². The molecule has 0 fully saturated rings. The quantitative estimate of drug-likeness (QED) is 0.257. The predicted octanol–water partition coefficient (Wildman–Crippen LogP) is 5.23. The SMILES string of the molecule is CCOc1ccc2[nH]c(=O)c([C@@H](c3nnnn3C(C)(C)C)N(CCc3ccc(F)cc3)Cc3ccco3)cc2c1. The molecule has 0 radical (unpaired) electrons. The number of H-pyrrole nitrogens is 1. The van der Waals surface area contributed by atoms with Crippen LogP contribution in [0.25, 0.3) is 10.9 Å². The molecule has 3 aromatic heterocycles. The fraction of sp³-hybridized carbons (Fsp3) is 0.333. The van der Waals surface area contributed by atoms with Crippen LogP contribution in [0.3, 0.4) is 0 Å². The van der Waals surface area contributed by atoms with E-state index in [1.807, 2.05) is 64.1 Å². The molecule has 0 unspecified atom stereocenters. The molecule has 3 heterocycles. The Morgan fingerprint density at radius 2 is 1.93 bits per heavy atom. The smallest absolute Gasteiger partial charge is 0.253 e. The Morgan fingerprint density at radius 1 is 1.12 bits per heavy atom. The maximum Gasteiger partial charge on any atom is 0.253 e. The molecule has 1 atom stereocenters. The Kier molecular flexibility index (Phi) is 7.79. The minimum atomic E-state index is -0.622. The van der Waals surface area contributed by atoms with Gasteiger partial charge in [-0.3, -0.25) is 9.69 Å². The van der Waals surface area contributed by atoms with Gasteiger partial charge in [0.25, 0.3) is 5.56 Å². The molecule has 10 heteroatoms. The number of ether oxygens (including phenoxy) is 1. The van der Waals surface area contributed by atoms with Crippen molar-refractivity contribution in [1.82, 2.24) is 30.1 Å². The maximum absolute atomic E-state index is 13.7. The van der Waals surface area contributed by atoms with Crippen LogP contribution in [-0.2, 0) is 18.5 Å². The van der Waals surface area contributed by atoms with Crippen LogP contribution in [0.4, 0.5) is 4.39 Å². The lowest BCUT2D eigenvalue weighted by Gasteiger charge is -2.32. The number of halogens is 1. The van der Waals surface area contributed by atoms with Gasteiger partial charge in [0.15, 0.2) is 5.82 Å². The number of pyridine rings is 1. The number of aromatic nitrogens is 5. The van der Waals surface area contributed by atoms with E-state index in [4.69, 9.17) is 9.15 Å². The Labute approximate surface area is 231 Å². The highest BCUT2D eigenvalue weighted by Gasteiger charge is 2.33. The van der Waals surface area contributed by atoms with Crippen molar-refractivity contribution in [2.45, 2.75) is 52.2 Å². The van der Waals surface area contributed by atoms with Gasteiger partial charge in [-0.05, 0) is 98.6 Å². The number of nitrogens with one attached hydrogen (secondary N) is 1. The topological polar surface area (TPSA) is 102 Å². The Morgan fingerprint density at radius 3 is 2.62 bits per heavy atom. The molecule has 5 rings (SSSR count). The van der Waals surface area contributed by atoms with Gasteiger partial charge in [0.2, 0.25) is 0 Å². The van der Waals surface area contributed by atoms with Crippen molar-refractivity contribution in [1.29, 1.82) is 0 Å². The zero-order valence-corrected chi connectivity index (χ0v) is 23.1. The monoisotopic (exact) mass is 544 g/mol. The summed E-state index contributed by atoms with van der Waals surface area (Å²) in [5.41, 5.74) is 1.48. The third kappa shape index (κ3) is 5.96. The molecule has 0 saturated heterocycles. The molecule has 0 bridgehead atoms. The fourth-order valence-corrected chi connectivity index (χ4v) is 4.83. The summed E-state index contributed by atoms with van der Waals surface area (Å²) in [4.78, 5) is 18.9. The van der Waals surface area contributed by atoms with Crippen LogP contribution in [0, 0.1) is 5.82 Å².